The second kappa shape index (κ2) is 7.07. The van der Waals surface area contributed by atoms with Gasteiger partial charge in [-0.3, -0.25) is 4.79 Å². The highest BCUT2D eigenvalue weighted by Crippen LogP contribution is 2.13. The molecule has 0 radical (unpaired) electrons. The van der Waals surface area contributed by atoms with Crippen LogP contribution >= 0.6 is 15.9 Å². The Balaban J connectivity index is 2.00. The Morgan fingerprint density at radius 1 is 1.05 bits per heavy atom. The van der Waals surface area contributed by atoms with Crippen molar-refractivity contribution >= 4 is 31.7 Å². The molecule has 1 N–H and O–H groups in total. The third-order valence-corrected chi connectivity index (χ3v) is 5.50. The Morgan fingerprint density at radius 2 is 1.64 bits per heavy atom. The van der Waals surface area contributed by atoms with Crippen LogP contribution < -0.4 is 5.32 Å². The molecule has 0 bridgehead atoms. The van der Waals surface area contributed by atoms with Gasteiger partial charge in [-0.2, -0.15) is 0 Å². The van der Waals surface area contributed by atoms with E-state index in [4.69, 9.17) is 0 Å². The quantitative estimate of drug-likeness (QED) is 0.864. The molecule has 0 atom stereocenters. The Morgan fingerprint density at radius 3 is 2.18 bits per heavy atom. The first-order chi connectivity index (χ1) is 10.4. The van der Waals surface area contributed by atoms with E-state index in [9.17, 15) is 13.2 Å². The summed E-state index contributed by atoms with van der Waals surface area (Å²) in [6, 6.07) is 13.6. The third kappa shape index (κ3) is 4.18. The predicted octanol–water partition coefficient (Wildman–Crippen LogP) is 3.17. The number of rotatable bonds is 5. The van der Waals surface area contributed by atoms with Crippen LogP contribution in [0.3, 0.4) is 0 Å². The zero-order valence-electron chi connectivity index (χ0n) is 12.0. The number of nitrogens with one attached hydrogen (secondary N) is 1. The standard InChI is InChI=1S/C16H16BrNO3S/c1-2-22(20,21)15-9-3-12(4-10-15)11-18-16(19)13-5-7-14(17)8-6-13/h3-10H,2,11H2,1H3,(H,18,19). The van der Waals surface area contributed by atoms with E-state index in [0.29, 0.717) is 17.0 Å². The highest BCUT2D eigenvalue weighted by atomic mass is 79.9. The first-order valence-electron chi connectivity index (χ1n) is 6.78. The molecule has 22 heavy (non-hydrogen) atoms. The Hall–Kier alpha value is -1.66. The summed E-state index contributed by atoms with van der Waals surface area (Å²) in [6.07, 6.45) is 0. The van der Waals surface area contributed by atoms with Gasteiger partial charge in [0, 0.05) is 16.6 Å². The van der Waals surface area contributed by atoms with Crippen LogP contribution in [0.15, 0.2) is 57.9 Å². The Bertz CT molecular complexity index is 753. The second-order valence-corrected chi connectivity index (χ2v) is 7.93. The number of hydrogen-bond donors (Lipinski definition) is 1. The third-order valence-electron chi connectivity index (χ3n) is 3.22. The fourth-order valence-corrected chi connectivity index (χ4v) is 3.02. The molecule has 6 heteroatoms. The summed E-state index contributed by atoms with van der Waals surface area (Å²) in [4.78, 5) is 12.3. The largest absolute Gasteiger partial charge is 0.348 e. The van der Waals surface area contributed by atoms with Crippen molar-refractivity contribution in [3.05, 3.63) is 64.1 Å². The first-order valence-corrected chi connectivity index (χ1v) is 9.22. The molecule has 4 nitrogen and oxygen atoms in total. The van der Waals surface area contributed by atoms with Gasteiger partial charge in [0.1, 0.15) is 0 Å². The molecule has 2 rings (SSSR count). The van der Waals surface area contributed by atoms with E-state index in [1.807, 2.05) is 0 Å². The zero-order valence-corrected chi connectivity index (χ0v) is 14.4. The van der Waals surface area contributed by atoms with Gasteiger partial charge in [-0.05, 0) is 42.0 Å². The van der Waals surface area contributed by atoms with Crippen molar-refractivity contribution in [2.75, 3.05) is 5.75 Å². The highest BCUT2D eigenvalue weighted by molar-refractivity contribution is 9.10. The van der Waals surface area contributed by atoms with Crippen molar-refractivity contribution in [2.45, 2.75) is 18.4 Å². The van der Waals surface area contributed by atoms with E-state index < -0.39 is 9.84 Å². The number of amides is 1. The molecule has 1 amide bonds. The van der Waals surface area contributed by atoms with Gasteiger partial charge in [-0.1, -0.05) is 35.0 Å². The van der Waals surface area contributed by atoms with E-state index in [2.05, 4.69) is 21.2 Å². The van der Waals surface area contributed by atoms with E-state index in [-0.39, 0.29) is 11.7 Å². The lowest BCUT2D eigenvalue weighted by Gasteiger charge is -2.07. The van der Waals surface area contributed by atoms with E-state index in [1.54, 1.807) is 55.5 Å². The molecule has 0 saturated carbocycles. The Kier molecular flexibility index (Phi) is 5.37. The van der Waals surface area contributed by atoms with Gasteiger partial charge >= 0.3 is 0 Å². The van der Waals surface area contributed by atoms with Crippen LogP contribution in [-0.2, 0) is 16.4 Å². The van der Waals surface area contributed by atoms with Crippen LogP contribution in [0.1, 0.15) is 22.8 Å². The van der Waals surface area contributed by atoms with Gasteiger partial charge in [-0.25, -0.2) is 8.42 Å². The summed E-state index contributed by atoms with van der Waals surface area (Å²) in [5.41, 5.74) is 1.42. The van der Waals surface area contributed by atoms with Crippen LogP contribution in [0.5, 0.6) is 0 Å². The molecule has 0 spiro atoms. The number of halogens is 1. The normalized spacial score (nSPS) is 11.2. The molecular formula is C16H16BrNO3S. The minimum Gasteiger partial charge on any atom is -0.348 e. The van der Waals surface area contributed by atoms with Crippen molar-refractivity contribution < 1.29 is 13.2 Å². The molecule has 2 aromatic carbocycles. The lowest BCUT2D eigenvalue weighted by atomic mass is 10.2. The number of benzene rings is 2. The summed E-state index contributed by atoms with van der Waals surface area (Å²) in [6.45, 7) is 1.96. The average molecular weight is 382 g/mol. The molecular weight excluding hydrogens is 366 g/mol. The molecule has 116 valence electrons. The predicted molar refractivity (Wildman–Crippen MR) is 89.5 cm³/mol. The SMILES string of the molecule is CCS(=O)(=O)c1ccc(CNC(=O)c2ccc(Br)cc2)cc1. The Labute approximate surface area is 138 Å². The van der Waals surface area contributed by atoms with Crippen LogP contribution in [0, 0.1) is 0 Å². The van der Waals surface area contributed by atoms with Crippen molar-refractivity contribution in [3.8, 4) is 0 Å². The van der Waals surface area contributed by atoms with Crippen LogP contribution in [0.25, 0.3) is 0 Å². The molecule has 0 heterocycles. The smallest absolute Gasteiger partial charge is 0.251 e. The van der Waals surface area contributed by atoms with Crippen molar-refractivity contribution in [3.63, 3.8) is 0 Å². The highest BCUT2D eigenvalue weighted by Gasteiger charge is 2.11. The lowest BCUT2D eigenvalue weighted by molar-refractivity contribution is 0.0951. The minimum atomic E-state index is -3.19. The summed E-state index contributed by atoms with van der Waals surface area (Å²) in [5, 5.41) is 2.80. The lowest BCUT2D eigenvalue weighted by Crippen LogP contribution is -2.22. The van der Waals surface area contributed by atoms with Gasteiger partial charge in [-0.15, -0.1) is 0 Å². The van der Waals surface area contributed by atoms with Gasteiger partial charge in [0.15, 0.2) is 9.84 Å². The molecule has 0 fully saturated rings. The van der Waals surface area contributed by atoms with Gasteiger partial charge < -0.3 is 5.32 Å². The van der Waals surface area contributed by atoms with Gasteiger partial charge in [0.05, 0.1) is 10.6 Å². The van der Waals surface area contributed by atoms with Crippen molar-refractivity contribution in [1.29, 1.82) is 0 Å². The van der Waals surface area contributed by atoms with Crippen LogP contribution in [-0.4, -0.2) is 20.1 Å². The molecule has 2 aromatic rings. The van der Waals surface area contributed by atoms with E-state index >= 15 is 0 Å². The second-order valence-electron chi connectivity index (χ2n) is 4.74. The fourth-order valence-electron chi connectivity index (χ4n) is 1.87. The summed E-state index contributed by atoms with van der Waals surface area (Å²) < 4.78 is 24.3. The zero-order chi connectivity index (χ0) is 16.2. The maximum Gasteiger partial charge on any atom is 0.251 e. The van der Waals surface area contributed by atoms with E-state index in [0.717, 1.165) is 10.0 Å². The minimum absolute atomic E-state index is 0.0760. The average Bonchev–Trinajstić information content (AvgIpc) is 2.53. The molecule has 0 aliphatic rings. The number of carbonyl (C=O) groups is 1. The van der Waals surface area contributed by atoms with Gasteiger partial charge in [0.2, 0.25) is 0 Å². The summed E-state index contributed by atoms with van der Waals surface area (Å²) in [7, 11) is -3.19. The summed E-state index contributed by atoms with van der Waals surface area (Å²) in [5.74, 6) is -0.0927. The van der Waals surface area contributed by atoms with Crippen molar-refractivity contribution in [2.24, 2.45) is 0 Å². The van der Waals surface area contributed by atoms with Crippen LogP contribution in [0.2, 0.25) is 0 Å². The number of hydrogen-bond acceptors (Lipinski definition) is 3. The molecule has 0 aliphatic carbocycles. The molecule has 0 aliphatic heterocycles. The number of sulfone groups is 1. The molecule has 0 unspecified atom stereocenters. The van der Waals surface area contributed by atoms with Crippen molar-refractivity contribution in [1.82, 2.24) is 5.32 Å². The number of carbonyl (C=O) groups excluding carboxylic acids is 1. The first kappa shape index (κ1) is 16.7. The van der Waals surface area contributed by atoms with Crippen LogP contribution in [0.4, 0.5) is 0 Å². The molecule has 0 aromatic heterocycles. The maximum absolute atomic E-state index is 12.0. The molecule has 0 saturated heterocycles. The monoisotopic (exact) mass is 381 g/mol. The van der Waals surface area contributed by atoms with E-state index in [1.165, 1.54) is 0 Å². The topological polar surface area (TPSA) is 63.2 Å². The van der Waals surface area contributed by atoms with Gasteiger partial charge in [0.25, 0.3) is 5.91 Å². The fraction of sp³-hybridized carbons (Fsp3) is 0.188. The summed E-state index contributed by atoms with van der Waals surface area (Å²) >= 11 is 3.32. The maximum atomic E-state index is 12.0.